The first-order chi connectivity index (χ1) is 8.54. The number of aromatic carboxylic acids is 1. The molecule has 96 valence electrons. The van der Waals surface area contributed by atoms with E-state index in [1.165, 1.54) is 16.9 Å². The molecular formula is C14H16O3S. The highest BCUT2D eigenvalue weighted by Gasteiger charge is 2.18. The molecule has 3 nitrogen and oxygen atoms in total. The zero-order valence-electron chi connectivity index (χ0n) is 10.7. The van der Waals surface area contributed by atoms with Gasteiger partial charge < -0.3 is 9.84 Å². The zero-order chi connectivity index (χ0) is 13.3. The summed E-state index contributed by atoms with van der Waals surface area (Å²) in [6.45, 7) is 4.59. The van der Waals surface area contributed by atoms with Crippen LogP contribution in [-0.4, -0.2) is 18.2 Å². The second-order valence-electron chi connectivity index (χ2n) is 4.56. The van der Waals surface area contributed by atoms with Crippen molar-refractivity contribution < 1.29 is 14.6 Å². The molecule has 18 heavy (non-hydrogen) atoms. The molecule has 1 heterocycles. The average molecular weight is 264 g/mol. The van der Waals surface area contributed by atoms with E-state index in [1.54, 1.807) is 7.11 Å². The summed E-state index contributed by atoms with van der Waals surface area (Å²) in [5, 5.41) is 10.2. The summed E-state index contributed by atoms with van der Waals surface area (Å²) in [6.07, 6.45) is 0. The van der Waals surface area contributed by atoms with Crippen LogP contribution in [0.25, 0.3) is 10.1 Å². The predicted molar refractivity (Wildman–Crippen MR) is 73.6 cm³/mol. The molecule has 0 saturated carbocycles. The minimum Gasteiger partial charge on any atom is -0.477 e. The third-order valence-electron chi connectivity index (χ3n) is 2.96. The molecule has 0 aliphatic carbocycles. The molecule has 0 unspecified atom stereocenters. The van der Waals surface area contributed by atoms with Crippen LogP contribution in [0.5, 0.6) is 0 Å². The molecular weight excluding hydrogens is 248 g/mol. The van der Waals surface area contributed by atoms with Gasteiger partial charge in [0, 0.05) is 17.4 Å². The molecule has 4 heteroatoms. The Balaban J connectivity index is 2.67. The average Bonchev–Trinajstić information content (AvgIpc) is 2.68. The van der Waals surface area contributed by atoms with Gasteiger partial charge in [-0.2, -0.15) is 0 Å². The third kappa shape index (κ3) is 2.26. The van der Waals surface area contributed by atoms with E-state index in [0.29, 0.717) is 17.4 Å². The van der Waals surface area contributed by atoms with Crippen LogP contribution in [0.15, 0.2) is 18.2 Å². The maximum Gasteiger partial charge on any atom is 0.346 e. The van der Waals surface area contributed by atoms with E-state index in [1.807, 2.05) is 6.07 Å². The van der Waals surface area contributed by atoms with Gasteiger partial charge in [0.2, 0.25) is 0 Å². The lowest BCUT2D eigenvalue weighted by Crippen LogP contribution is -1.99. The van der Waals surface area contributed by atoms with Crippen LogP contribution in [0.1, 0.15) is 40.6 Å². The minimum atomic E-state index is -0.880. The fourth-order valence-electron chi connectivity index (χ4n) is 1.99. The molecule has 0 spiro atoms. The Bertz CT molecular complexity index is 584. The maximum absolute atomic E-state index is 11.2. The number of ether oxygens (including phenoxy) is 1. The predicted octanol–water partition coefficient (Wildman–Crippen LogP) is 3.87. The fraction of sp³-hybridized carbons (Fsp3) is 0.357. The van der Waals surface area contributed by atoms with Crippen molar-refractivity contribution in [1.82, 2.24) is 0 Å². The van der Waals surface area contributed by atoms with Crippen molar-refractivity contribution in [2.75, 3.05) is 7.11 Å². The quantitative estimate of drug-likeness (QED) is 0.911. The molecule has 0 bridgehead atoms. The van der Waals surface area contributed by atoms with Gasteiger partial charge in [-0.1, -0.05) is 19.9 Å². The van der Waals surface area contributed by atoms with Gasteiger partial charge in [-0.3, -0.25) is 0 Å². The van der Waals surface area contributed by atoms with E-state index in [0.717, 1.165) is 15.6 Å². The first-order valence-corrected chi connectivity index (χ1v) is 6.63. The molecule has 0 amide bonds. The van der Waals surface area contributed by atoms with Crippen LogP contribution in [0.3, 0.4) is 0 Å². The van der Waals surface area contributed by atoms with Crippen LogP contribution < -0.4 is 0 Å². The highest BCUT2D eigenvalue weighted by molar-refractivity contribution is 7.21. The van der Waals surface area contributed by atoms with Crippen molar-refractivity contribution >= 4 is 27.4 Å². The normalized spacial score (nSPS) is 11.3. The zero-order valence-corrected chi connectivity index (χ0v) is 11.5. The molecule has 0 saturated heterocycles. The Labute approximate surface area is 110 Å². The highest BCUT2D eigenvalue weighted by Crippen LogP contribution is 2.34. The van der Waals surface area contributed by atoms with Crippen LogP contribution in [0.2, 0.25) is 0 Å². The largest absolute Gasteiger partial charge is 0.477 e. The summed E-state index contributed by atoms with van der Waals surface area (Å²) in [5.74, 6) is -0.452. The fourth-order valence-corrected chi connectivity index (χ4v) is 3.01. The Morgan fingerprint density at radius 1 is 1.44 bits per heavy atom. The van der Waals surface area contributed by atoms with Gasteiger partial charge in [-0.05, 0) is 29.0 Å². The lowest BCUT2D eigenvalue weighted by Gasteiger charge is -2.06. The summed E-state index contributed by atoms with van der Waals surface area (Å²) in [5.41, 5.74) is 2.00. The Hall–Kier alpha value is -1.39. The smallest absolute Gasteiger partial charge is 0.346 e. The molecule has 0 fully saturated rings. The van der Waals surface area contributed by atoms with Gasteiger partial charge in [-0.25, -0.2) is 4.79 Å². The van der Waals surface area contributed by atoms with Crippen molar-refractivity contribution in [3.8, 4) is 0 Å². The number of hydrogen-bond donors (Lipinski definition) is 1. The summed E-state index contributed by atoms with van der Waals surface area (Å²) in [4.78, 5) is 11.6. The minimum absolute atomic E-state index is 0.336. The maximum atomic E-state index is 11.2. The summed E-state index contributed by atoms with van der Waals surface area (Å²) in [7, 11) is 1.58. The molecule has 2 aromatic rings. The molecule has 0 aliphatic heterocycles. The molecule has 0 radical (unpaired) electrons. The Morgan fingerprint density at radius 2 is 2.17 bits per heavy atom. The third-order valence-corrected chi connectivity index (χ3v) is 4.17. The van der Waals surface area contributed by atoms with Gasteiger partial charge in [0.05, 0.1) is 6.61 Å². The van der Waals surface area contributed by atoms with Gasteiger partial charge in [-0.15, -0.1) is 11.3 Å². The van der Waals surface area contributed by atoms with Crippen molar-refractivity contribution in [2.45, 2.75) is 26.4 Å². The molecule has 1 N–H and O–H groups in total. The standard InChI is InChI=1S/C14H16O3S/c1-8(2)9-4-5-12-10(6-9)11(7-17-3)13(18-12)14(15)16/h4-6,8H,7H2,1-3H3,(H,15,16). The lowest BCUT2D eigenvalue weighted by molar-refractivity contribution is 0.0698. The van der Waals surface area contributed by atoms with E-state index >= 15 is 0 Å². The van der Waals surface area contributed by atoms with Crippen molar-refractivity contribution in [1.29, 1.82) is 0 Å². The van der Waals surface area contributed by atoms with Gasteiger partial charge in [0.1, 0.15) is 4.88 Å². The number of carboxylic acid groups (broad SMARTS) is 1. The molecule has 1 aromatic heterocycles. The van der Waals surface area contributed by atoms with E-state index in [4.69, 9.17) is 4.74 Å². The molecule has 0 atom stereocenters. The number of carbonyl (C=O) groups is 1. The Kier molecular flexibility index (Phi) is 3.68. The van der Waals surface area contributed by atoms with Crippen molar-refractivity contribution in [3.63, 3.8) is 0 Å². The van der Waals surface area contributed by atoms with E-state index in [-0.39, 0.29) is 0 Å². The van der Waals surface area contributed by atoms with E-state index in [9.17, 15) is 9.90 Å². The van der Waals surface area contributed by atoms with Gasteiger partial charge >= 0.3 is 5.97 Å². The summed E-state index contributed by atoms with van der Waals surface area (Å²) >= 11 is 1.31. The molecule has 0 aliphatic rings. The van der Waals surface area contributed by atoms with Crippen LogP contribution in [-0.2, 0) is 11.3 Å². The van der Waals surface area contributed by atoms with Crippen molar-refractivity contribution in [3.05, 3.63) is 34.2 Å². The lowest BCUT2D eigenvalue weighted by atomic mass is 10.0. The summed E-state index contributed by atoms with van der Waals surface area (Å²) < 4.78 is 6.13. The number of carboxylic acids is 1. The first-order valence-electron chi connectivity index (χ1n) is 5.82. The SMILES string of the molecule is COCc1c(C(=O)O)sc2ccc(C(C)C)cc12. The van der Waals surface area contributed by atoms with E-state index < -0.39 is 5.97 Å². The number of rotatable bonds is 4. The van der Waals surface area contributed by atoms with Gasteiger partial charge in [0.25, 0.3) is 0 Å². The molecule has 1 aromatic carbocycles. The summed E-state index contributed by atoms with van der Waals surface area (Å²) in [6, 6.07) is 6.14. The molecule has 2 rings (SSSR count). The number of fused-ring (bicyclic) bond motifs is 1. The second-order valence-corrected chi connectivity index (χ2v) is 5.61. The second kappa shape index (κ2) is 5.08. The van der Waals surface area contributed by atoms with Crippen LogP contribution in [0, 0.1) is 0 Å². The first kappa shape index (κ1) is 13.1. The monoisotopic (exact) mass is 264 g/mol. The van der Waals surface area contributed by atoms with Crippen LogP contribution in [0.4, 0.5) is 0 Å². The highest BCUT2D eigenvalue weighted by atomic mass is 32.1. The Morgan fingerprint density at radius 3 is 2.72 bits per heavy atom. The van der Waals surface area contributed by atoms with E-state index in [2.05, 4.69) is 26.0 Å². The van der Waals surface area contributed by atoms with Crippen LogP contribution >= 0.6 is 11.3 Å². The number of thiophene rings is 1. The number of hydrogen-bond acceptors (Lipinski definition) is 3. The van der Waals surface area contributed by atoms with Gasteiger partial charge in [0.15, 0.2) is 0 Å². The van der Waals surface area contributed by atoms with Crippen molar-refractivity contribution in [2.24, 2.45) is 0 Å². The number of benzene rings is 1. The number of methoxy groups -OCH3 is 1. The topological polar surface area (TPSA) is 46.5 Å².